The molecule has 0 spiro atoms. The summed E-state index contributed by atoms with van der Waals surface area (Å²) in [7, 11) is 4.44. The summed E-state index contributed by atoms with van der Waals surface area (Å²) in [6, 6.07) is 19.3. The van der Waals surface area contributed by atoms with E-state index in [1.807, 2.05) is 0 Å². The Hall–Kier alpha value is -5.64. The zero-order valence-corrected chi connectivity index (χ0v) is 23.4. The molecule has 43 heavy (non-hydrogen) atoms. The zero-order valence-electron chi connectivity index (χ0n) is 23.4. The Morgan fingerprint density at radius 1 is 0.744 bits per heavy atom. The minimum Gasteiger partial charge on any atom is -0.507 e. The Kier molecular flexibility index (Phi) is 7.03. The highest BCUT2D eigenvalue weighted by atomic mass is 16.5. The van der Waals surface area contributed by atoms with Gasteiger partial charge in [0.2, 0.25) is 0 Å². The number of methoxy groups -OCH3 is 3. The van der Waals surface area contributed by atoms with Crippen LogP contribution in [-0.2, 0) is 0 Å². The van der Waals surface area contributed by atoms with Crippen LogP contribution in [0.2, 0.25) is 0 Å². The SMILES string of the molecule is COc1cc(O)c2c(c1)O[C@H](c1ccc(OC)c(Oc3ccc(-c4cc(=O)c5c(O)cc(OC)cc5o4)cc3)c1)CC2=O. The van der Waals surface area contributed by atoms with E-state index >= 15 is 0 Å². The van der Waals surface area contributed by atoms with Crippen LogP contribution < -0.4 is 29.1 Å². The average Bonchev–Trinajstić information content (AvgIpc) is 3.00. The Labute approximate surface area is 245 Å². The molecule has 2 N–H and O–H groups in total. The van der Waals surface area contributed by atoms with Gasteiger partial charge in [0.15, 0.2) is 22.7 Å². The van der Waals surface area contributed by atoms with Gasteiger partial charge < -0.3 is 38.3 Å². The van der Waals surface area contributed by atoms with Crippen molar-refractivity contribution in [2.75, 3.05) is 21.3 Å². The van der Waals surface area contributed by atoms with Crippen LogP contribution in [0.1, 0.15) is 28.4 Å². The Morgan fingerprint density at radius 3 is 2.19 bits per heavy atom. The minimum atomic E-state index is -0.629. The van der Waals surface area contributed by atoms with E-state index < -0.39 is 11.5 Å². The number of fused-ring (bicyclic) bond motifs is 2. The first kappa shape index (κ1) is 27.5. The van der Waals surface area contributed by atoms with Crippen molar-refractivity contribution < 1.29 is 43.1 Å². The fourth-order valence-electron chi connectivity index (χ4n) is 5.01. The standard InChI is InChI=1S/C33H26O10/c1-38-20-11-22(34)32-24(36)15-27(42-30(32)13-20)17-4-7-19(8-5-17)41-29-10-18(6-9-26(29)40-3)28-16-25(37)33-23(35)12-21(39-2)14-31(33)43-28/h4-15,28,34-35H,16H2,1-3H3/t28-/m0/s1. The number of hydrogen-bond donors (Lipinski definition) is 2. The molecule has 1 aromatic heterocycles. The molecular weight excluding hydrogens is 556 g/mol. The number of rotatable bonds is 7. The number of Topliss-reactive ketones (excluding diaryl/α,β-unsaturated/α-hetero) is 1. The van der Waals surface area contributed by atoms with Gasteiger partial charge in [-0.3, -0.25) is 9.59 Å². The zero-order chi connectivity index (χ0) is 30.2. The van der Waals surface area contributed by atoms with Crippen LogP contribution in [0.25, 0.3) is 22.3 Å². The highest BCUT2D eigenvalue weighted by Gasteiger charge is 2.31. The largest absolute Gasteiger partial charge is 0.507 e. The molecule has 1 atom stereocenters. The number of ether oxygens (including phenoxy) is 5. The highest BCUT2D eigenvalue weighted by molar-refractivity contribution is 6.02. The minimum absolute atomic E-state index is 0.0218. The summed E-state index contributed by atoms with van der Waals surface area (Å²) in [5.41, 5.74) is 1.21. The van der Waals surface area contributed by atoms with Gasteiger partial charge in [-0.15, -0.1) is 0 Å². The maximum absolute atomic E-state index is 12.9. The lowest BCUT2D eigenvalue weighted by Crippen LogP contribution is -2.20. The molecule has 0 saturated heterocycles. The number of phenolic OH excluding ortho intramolecular Hbond substituents is 2. The molecule has 0 radical (unpaired) electrons. The van der Waals surface area contributed by atoms with Gasteiger partial charge in [0.05, 0.1) is 27.8 Å². The van der Waals surface area contributed by atoms with Gasteiger partial charge in [0.1, 0.15) is 62.9 Å². The predicted octanol–water partition coefficient (Wildman–Crippen LogP) is 6.40. The van der Waals surface area contributed by atoms with Crippen LogP contribution in [0.3, 0.4) is 0 Å². The predicted molar refractivity (Wildman–Crippen MR) is 156 cm³/mol. The fourth-order valence-corrected chi connectivity index (χ4v) is 5.01. The Balaban J connectivity index is 1.27. The third kappa shape index (κ3) is 5.14. The van der Waals surface area contributed by atoms with Gasteiger partial charge in [-0.05, 0) is 42.0 Å². The quantitative estimate of drug-likeness (QED) is 0.222. The molecule has 0 saturated carbocycles. The molecule has 0 aliphatic carbocycles. The number of carbonyl (C=O) groups is 1. The average molecular weight is 583 g/mol. The summed E-state index contributed by atoms with van der Waals surface area (Å²) < 4.78 is 34.0. The molecular formula is C33H26O10. The van der Waals surface area contributed by atoms with Crippen molar-refractivity contribution in [3.8, 4) is 57.3 Å². The van der Waals surface area contributed by atoms with Gasteiger partial charge in [-0.2, -0.15) is 0 Å². The molecule has 0 bridgehead atoms. The number of carbonyl (C=O) groups excluding carboxylic acids is 1. The summed E-state index contributed by atoms with van der Waals surface area (Å²) in [5, 5.41) is 20.6. The third-order valence-electron chi connectivity index (χ3n) is 7.15. The molecule has 0 fully saturated rings. The first-order valence-corrected chi connectivity index (χ1v) is 13.2. The molecule has 1 aliphatic heterocycles. The van der Waals surface area contributed by atoms with Crippen molar-refractivity contribution in [2.24, 2.45) is 0 Å². The van der Waals surface area contributed by atoms with Crippen LogP contribution in [0.4, 0.5) is 0 Å². The normalized spacial score (nSPS) is 14.1. The molecule has 5 aromatic rings. The molecule has 1 aliphatic rings. The molecule has 10 nitrogen and oxygen atoms in total. The maximum atomic E-state index is 12.9. The van der Waals surface area contributed by atoms with Gasteiger partial charge >= 0.3 is 0 Å². The van der Waals surface area contributed by atoms with Crippen molar-refractivity contribution in [2.45, 2.75) is 12.5 Å². The van der Waals surface area contributed by atoms with E-state index in [1.165, 1.54) is 45.6 Å². The van der Waals surface area contributed by atoms with E-state index in [1.54, 1.807) is 48.5 Å². The number of ketones is 1. The third-order valence-corrected chi connectivity index (χ3v) is 7.15. The van der Waals surface area contributed by atoms with Crippen molar-refractivity contribution >= 4 is 16.8 Å². The van der Waals surface area contributed by atoms with Crippen molar-refractivity contribution in [1.29, 1.82) is 0 Å². The molecule has 6 rings (SSSR count). The van der Waals surface area contributed by atoms with Crippen LogP contribution >= 0.6 is 0 Å². The molecule has 218 valence electrons. The first-order chi connectivity index (χ1) is 20.8. The summed E-state index contributed by atoms with van der Waals surface area (Å²) in [6.07, 6.45) is -0.607. The van der Waals surface area contributed by atoms with E-state index in [4.69, 9.17) is 28.1 Å². The van der Waals surface area contributed by atoms with E-state index in [2.05, 4.69) is 0 Å². The van der Waals surface area contributed by atoms with Crippen LogP contribution in [-0.4, -0.2) is 37.3 Å². The highest BCUT2D eigenvalue weighted by Crippen LogP contribution is 2.43. The lowest BCUT2D eigenvalue weighted by atomic mass is 9.95. The van der Waals surface area contributed by atoms with Crippen molar-refractivity contribution in [1.82, 2.24) is 0 Å². The molecule has 10 heteroatoms. The van der Waals surface area contributed by atoms with E-state index in [-0.39, 0.29) is 46.0 Å². The molecule has 0 amide bonds. The number of aromatic hydroxyl groups is 2. The van der Waals surface area contributed by atoms with Gasteiger partial charge in [0.25, 0.3) is 0 Å². The second kappa shape index (κ2) is 11.0. The van der Waals surface area contributed by atoms with Gasteiger partial charge in [-0.25, -0.2) is 0 Å². The van der Waals surface area contributed by atoms with Crippen molar-refractivity contribution in [3.63, 3.8) is 0 Å². The lowest BCUT2D eigenvalue weighted by molar-refractivity contribution is 0.0844. The second-order valence-corrected chi connectivity index (χ2v) is 9.78. The maximum Gasteiger partial charge on any atom is 0.197 e. The van der Waals surface area contributed by atoms with E-state index in [0.717, 1.165) is 0 Å². The molecule has 0 unspecified atom stereocenters. The topological polar surface area (TPSA) is 134 Å². The van der Waals surface area contributed by atoms with Crippen LogP contribution in [0.15, 0.2) is 82.0 Å². The number of hydrogen-bond acceptors (Lipinski definition) is 10. The van der Waals surface area contributed by atoms with Crippen molar-refractivity contribution in [3.05, 3.63) is 94.1 Å². The van der Waals surface area contributed by atoms with Crippen LogP contribution in [0, 0.1) is 0 Å². The monoisotopic (exact) mass is 582 g/mol. The molecule has 2 heterocycles. The fraction of sp³-hybridized carbons (Fsp3) is 0.152. The lowest BCUT2D eigenvalue weighted by Gasteiger charge is -2.27. The number of phenols is 2. The summed E-state index contributed by atoms with van der Waals surface area (Å²) >= 11 is 0. The Bertz CT molecular complexity index is 1920. The van der Waals surface area contributed by atoms with Gasteiger partial charge in [0, 0.05) is 35.9 Å². The number of benzene rings is 4. The first-order valence-electron chi connectivity index (χ1n) is 13.2. The summed E-state index contributed by atoms with van der Waals surface area (Å²) in [6.45, 7) is 0. The summed E-state index contributed by atoms with van der Waals surface area (Å²) in [5.74, 6) is 1.92. The Morgan fingerprint density at radius 2 is 1.47 bits per heavy atom. The van der Waals surface area contributed by atoms with Crippen LogP contribution in [0.5, 0.6) is 46.0 Å². The smallest absolute Gasteiger partial charge is 0.197 e. The van der Waals surface area contributed by atoms with Gasteiger partial charge in [-0.1, -0.05) is 6.07 Å². The second-order valence-electron chi connectivity index (χ2n) is 9.78. The summed E-state index contributed by atoms with van der Waals surface area (Å²) in [4.78, 5) is 25.6. The van der Waals surface area contributed by atoms with E-state index in [0.29, 0.717) is 45.6 Å². The molecule has 4 aromatic carbocycles. The van der Waals surface area contributed by atoms with E-state index in [9.17, 15) is 19.8 Å².